The zero-order chi connectivity index (χ0) is 14.7. The number of nitrogens with zero attached hydrogens (tertiary/aromatic N) is 1. The summed E-state index contributed by atoms with van der Waals surface area (Å²) in [4.78, 5) is 14.0. The number of rotatable bonds is 6. The molecule has 1 atom stereocenters. The Morgan fingerprint density at radius 1 is 1.55 bits per heavy atom. The number of hydrogen-bond donors (Lipinski definition) is 1. The van der Waals surface area contributed by atoms with Gasteiger partial charge < -0.3 is 15.4 Å². The van der Waals surface area contributed by atoms with E-state index < -0.39 is 0 Å². The fraction of sp³-hybridized carbons (Fsp3) is 0.533. The first-order chi connectivity index (χ1) is 9.52. The van der Waals surface area contributed by atoms with E-state index >= 15 is 0 Å². The average molecular weight is 297 g/mol. The summed E-state index contributed by atoms with van der Waals surface area (Å²) in [5.74, 6) is 0.658. The van der Waals surface area contributed by atoms with Crippen LogP contribution in [-0.4, -0.2) is 30.0 Å². The molecule has 0 unspecified atom stereocenters. The van der Waals surface area contributed by atoms with Crippen LogP contribution < -0.4 is 10.5 Å². The molecule has 20 heavy (non-hydrogen) atoms. The molecule has 2 rings (SSSR count). The number of ether oxygens (including phenoxy) is 1. The van der Waals surface area contributed by atoms with E-state index in [1.54, 1.807) is 18.2 Å². The average Bonchev–Trinajstić information content (AvgIpc) is 3.22. The third-order valence-electron chi connectivity index (χ3n) is 3.46. The predicted molar refractivity (Wildman–Crippen MR) is 80.0 cm³/mol. The van der Waals surface area contributed by atoms with Crippen molar-refractivity contribution < 1.29 is 9.53 Å². The first-order valence-electron chi connectivity index (χ1n) is 7.00. The second-order valence-corrected chi connectivity index (χ2v) is 5.61. The van der Waals surface area contributed by atoms with Gasteiger partial charge in [-0.3, -0.25) is 4.79 Å². The van der Waals surface area contributed by atoms with Crippen LogP contribution in [-0.2, 0) is 4.79 Å². The number of hydrogen-bond acceptors (Lipinski definition) is 3. The lowest BCUT2D eigenvalue weighted by Crippen LogP contribution is -2.36. The molecule has 0 aromatic heterocycles. The lowest BCUT2D eigenvalue weighted by atomic mass is 10.1. The van der Waals surface area contributed by atoms with Gasteiger partial charge in [-0.2, -0.15) is 0 Å². The maximum Gasteiger partial charge on any atom is 0.260 e. The molecule has 5 heteroatoms. The van der Waals surface area contributed by atoms with E-state index in [0.717, 1.165) is 24.9 Å². The van der Waals surface area contributed by atoms with Crippen LogP contribution in [0.1, 0.15) is 38.3 Å². The van der Waals surface area contributed by atoms with Crippen molar-refractivity contribution in [3.8, 4) is 5.75 Å². The lowest BCUT2D eigenvalue weighted by molar-refractivity contribution is -0.133. The summed E-state index contributed by atoms with van der Waals surface area (Å²) in [6.07, 6.45) is 2.21. The van der Waals surface area contributed by atoms with Crippen LogP contribution in [0.2, 0.25) is 5.02 Å². The molecule has 1 aromatic carbocycles. The first-order valence-corrected chi connectivity index (χ1v) is 7.38. The van der Waals surface area contributed by atoms with Crippen molar-refractivity contribution in [1.82, 2.24) is 4.90 Å². The van der Waals surface area contributed by atoms with Crippen molar-refractivity contribution >= 4 is 17.5 Å². The molecule has 0 heterocycles. The van der Waals surface area contributed by atoms with Crippen molar-refractivity contribution in [3.63, 3.8) is 0 Å². The highest BCUT2D eigenvalue weighted by Crippen LogP contribution is 2.29. The summed E-state index contributed by atoms with van der Waals surface area (Å²) in [6, 6.07) is 5.51. The zero-order valence-corrected chi connectivity index (χ0v) is 12.7. The minimum absolute atomic E-state index is 0.0283. The fourth-order valence-electron chi connectivity index (χ4n) is 2.25. The largest absolute Gasteiger partial charge is 0.483 e. The molecular weight excluding hydrogens is 276 g/mol. The predicted octanol–water partition coefficient (Wildman–Crippen LogP) is 2.75. The van der Waals surface area contributed by atoms with Gasteiger partial charge >= 0.3 is 0 Å². The fourth-order valence-corrected chi connectivity index (χ4v) is 2.43. The number of benzene rings is 1. The molecule has 2 N–H and O–H groups in total. The standard InChI is InChI=1S/C15H21ClN2O2/c1-3-18(12-5-6-12)15(19)9-20-14-7-4-11(16)8-13(14)10(2)17/h4,7-8,10,12H,3,5-6,9,17H2,1-2H3/t10-/m1/s1. The highest BCUT2D eigenvalue weighted by atomic mass is 35.5. The topological polar surface area (TPSA) is 55.6 Å². The van der Waals surface area contributed by atoms with Gasteiger partial charge in [0.15, 0.2) is 6.61 Å². The molecule has 0 radical (unpaired) electrons. The SMILES string of the molecule is CCN(C(=O)COc1ccc(Cl)cc1[C@@H](C)N)C1CC1. The van der Waals surface area contributed by atoms with E-state index in [0.29, 0.717) is 16.8 Å². The number of nitrogens with two attached hydrogens (primary N) is 1. The summed E-state index contributed by atoms with van der Waals surface area (Å²) in [5, 5.41) is 0.615. The summed E-state index contributed by atoms with van der Waals surface area (Å²) in [7, 11) is 0. The van der Waals surface area contributed by atoms with Gasteiger partial charge in [-0.05, 0) is 44.9 Å². The summed E-state index contributed by atoms with van der Waals surface area (Å²) >= 11 is 5.96. The molecule has 1 saturated carbocycles. The normalized spacial score (nSPS) is 15.8. The lowest BCUT2D eigenvalue weighted by Gasteiger charge is -2.21. The molecule has 0 saturated heterocycles. The molecule has 1 amide bonds. The van der Waals surface area contributed by atoms with Crippen molar-refractivity contribution in [2.75, 3.05) is 13.2 Å². The van der Waals surface area contributed by atoms with Gasteiger partial charge in [-0.15, -0.1) is 0 Å². The Morgan fingerprint density at radius 2 is 2.25 bits per heavy atom. The van der Waals surface area contributed by atoms with Crippen LogP contribution in [0.4, 0.5) is 0 Å². The summed E-state index contributed by atoms with van der Waals surface area (Å²) in [5.41, 5.74) is 6.72. The van der Waals surface area contributed by atoms with E-state index in [1.165, 1.54) is 0 Å². The number of likely N-dealkylation sites (N-methyl/N-ethyl adjacent to an activating group) is 1. The smallest absolute Gasteiger partial charge is 0.260 e. The second kappa shape index (κ2) is 6.46. The van der Waals surface area contributed by atoms with Crippen LogP contribution in [0.5, 0.6) is 5.75 Å². The Labute approximate surface area is 124 Å². The van der Waals surface area contributed by atoms with Gasteiger partial charge in [-0.1, -0.05) is 11.6 Å². The first kappa shape index (κ1) is 15.1. The Kier molecular flexibility index (Phi) is 4.89. The maximum absolute atomic E-state index is 12.1. The quantitative estimate of drug-likeness (QED) is 0.878. The van der Waals surface area contributed by atoms with Gasteiger partial charge in [-0.25, -0.2) is 0 Å². The van der Waals surface area contributed by atoms with Gasteiger partial charge in [0.1, 0.15) is 5.75 Å². The monoisotopic (exact) mass is 296 g/mol. The highest BCUT2D eigenvalue weighted by Gasteiger charge is 2.31. The maximum atomic E-state index is 12.1. The van der Waals surface area contributed by atoms with Crippen molar-refractivity contribution in [1.29, 1.82) is 0 Å². The zero-order valence-electron chi connectivity index (χ0n) is 11.9. The molecule has 0 aliphatic heterocycles. The highest BCUT2D eigenvalue weighted by molar-refractivity contribution is 6.30. The molecular formula is C15H21ClN2O2. The molecule has 0 bridgehead atoms. The minimum Gasteiger partial charge on any atom is -0.483 e. The number of halogens is 1. The van der Waals surface area contributed by atoms with Crippen LogP contribution in [0.3, 0.4) is 0 Å². The summed E-state index contributed by atoms with van der Waals surface area (Å²) in [6.45, 7) is 4.63. The number of amides is 1. The van der Waals surface area contributed by atoms with Crippen LogP contribution >= 0.6 is 11.6 Å². The van der Waals surface area contributed by atoms with Gasteiger partial charge in [0.05, 0.1) is 0 Å². The van der Waals surface area contributed by atoms with Crippen molar-refractivity contribution in [2.24, 2.45) is 5.73 Å². The number of carbonyl (C=O) groups is 1. The van der Waals surface area contributed by atoms with Crippen molar-refractivity contribution in [3.05, 3.63) is 28.8 Å². The van der Waals surface area contributed by atoms with Crippen LogP contribution in [0.25, 0.3) is 0 Å². The molecule has 110 valence electrons. The molecule has 1 aliphatic carbocycles. The van der Waals surface area contributed by atoms with Gasteiger partial charge in [0.25, 0.3) is 5.91 Å². The van der Waals surface area contributed by atoms with E-state index in [2.05, 4.69) is 0 Å². The van der Waals surface area contributed by atoms with E-state index in [9.17, 15) is 4.79 Å². The molecule has 4 nitrogen and oxygen atoms in total. The third kappa shape index (κ3) is 3.64. The van der Waals surface area contributed by atoms with E-state index in [4.69, 9.17) is 22.1 Å². The second-order valence-electron chi connectivity index (χ2n) is 5.17. The molecule has 0 spiro atoms. The molecule has 1 aliphatic rings. The van der Waals surface area contributed by atoms with Gasteiger partial charge in [0.2, 0.25) is 0 Å². The Morgan fingerprint density at radius 3 is 2.80 bits per heavy atom. The molecule has 1 aromatic rings. The Hall–Kier alpha value is -1.26. The number of carbonyl (C=O) groups excluding carboxylic acids is 1. The van der Waals surface area contributed by atoms with Crippen molar-refractivity contribution in [2.45, 2.75) is 38.8 Å². The summed E-state index contributed by atoms with van der Waals surface area (Å²) < 4.78 is 5.65. The van der Waals surface area contributed by atoms with Crippen LogP contribution in [0, 0.1) is 0 Å². The van der Waals surface area contributed by atoms with E-state index in [1.807, 2.05) is 18.7 Å². The Balaban J connectivity index is 2.01. The minimum atomic E-state index is -0.190. The third-order valence-corrected chi connectivity index (χ3v) is 3.70. The van der Waals surface area contributed by atoms with Gasteiger partial charge in [0, 0.05) is 29.2 Å². The van der Waals surface area contributed by atoms with Crippen LogP contribution in [0.15, 0.2) is 18.2 Å². The Bertz CT molecular complexity index is 487. The molecule has 1 fully saturated rings. The van der Waals surface area contributed by atoms with E-state index in [-0.39, 0.29) is 18.6 Å².